The Morgan fingerprint density at radius 3 is 2.62 bits per heavy atom. The lowest BCUT2D eigenvalue weighted by atomic mass is 10.1. The molecule has 0 bridgehead atoms. The van der Waals surface area contributed by atoms with Crippen LogP contribution in [0.1, 0.15) is 10.4 Å². The first-order chi connectivity index (χ1) is 6.20. The topological polar surface area (TPSA) is 61.5 Å². The second-order valence-electron chi connectivity index (χ2n) is 2.42. The molecule has 0 unspecified atom stereocenters. The minimum absolute atomic E-state index is 0.271. The molecule has 0 aliphatic heterocycles. The Morgan fingerprint density at radius 2 is 2.08 bits per heavy atom. The molecule has 2 N–H and O–H groups in total. The summed E-state index contributed by atoms with van der Waals surface area (Å²) < 4.78 is 9.53. The highest BCUT2D eigenvalue weighted by atomic mass is 16.5. The van der Waals surface area contributed by atoms with Crippen LogP contribution >= 0.6 is 0 Å². The predicted molar refractivity (Wildman–Crippen MR) is 48.7 cm³/mol. The molecule has 1 rings (SSSR count). The van der Waals surface area contributed by atoms with Crippen LogP contribution in [0.25, 0.3) is 0 Å². The fourth-order valence-corrected chi connectivity index (χ4v) is 1.04. The van der Waals surface area contributed by atoms with E-state index in [0.29, 0.717) is 11.4 Å². The lowest BCUT2D eigenvalue weighted by Gasteiger charge is -2.08. The van der Waals surface area contributed by atoms with Gasteiger partial charge in [0.15, 0.2) is 0 Å². The average molecular weight is 181 g/mol. The van der Waals surface area contributed by atoms with Gasteiger partial charge >= 0.3 is 5.97 Å². The van der Waals surface area contributed by atoms with Crippen LogP contribution in [0.3, 0.4) is 0 Å². The lowest BCUT2D eigenvalue weighted by molar-refractivity contribution is 0.0598. The Bertz CT molecular complexity index is 323. The van der Waals surface area contributed by atoms with Crippen LogP contribution in [0.15, 0.2) is 18.2 Å². The highest BCUT2D eigenvalue weighted by molar-refractivity contribution is 5.98. The zero-order chi connectivity index (χ0) is 9.84. The maximum Gasteiger partial charge on any atom is 0.343 e. The maximum absolute atomic E-state index is 11.2. The van der Waals surface area contributed by atoms with E-state index < -0.39 is 5.97 Å². The molecule has 0 aliphatic rings. The van der Waals surface area contributed by atoms with Gasteiger partial charge in [0.05, 0.1) is 14.2 Å². The van der Waals surface area contributed by atoms with Gasteiger partial charge < -0.3 is 15.2 Å². The van der Waals surface area contributed by atoms with E-state index in [1.807, 2.05) is 0 Å². The molecule has 0 spiro atoms. The van der Waals surface area contributed by atoms with E-state index in [1.165, 1.54) is 14.2 Å². The predicted octanol–water partition coefficient (Wildman–Crippen LogP) is 1.06. The number of ether oxygens (including phenoxy) is 2. The van der Waals surface area contributed by atoms with Crippen LogP contribution < -0.4 is 10.5 Å². The van der Waals surface area contributed by atoms with Crippen LogP contribution in [0.4, 0.5) is 5.69 Å². The molecule has 4 heteroatoms. The molecule has 0 aromatic heterocycles. The number of esters is 1. The first kappa shape index (κ1) is 9.38. The molecule has 70 valence electrons. The summed E-state index contributed by atoms with van der Waals surface area (Å²) in [5, 5.41) is 0. The normalized spacial score (nSPS) is 9.38. The van der Waals surface area contributed by atoms with E-state index in [0.717, 1.165) is 0 Å². The van der Waals surface area contributed by atoms with Gasteiger partial charge in [-0.05, 0) is 12.1 Å². The highest BCUT2D eigenvalue weighted by Crippen LogP contribution is 2.24. The number of rotatable bonds is 2. The van der Waals surface area contributed by atoms with Gasteiger partial charge in [-0.1, -0.05) is 6.07 Å². The minimum Gasteiger partial charge on any atom is -0.496 e. The number of nitrogen functional groups attached to an aromatic ring is 1. The van der Waals surface area contributed by atoms with Crippen LogP contribution in [-0.2, 0) is 4.74 Å². The van der Waals surface area contributed by atoms with Crippen molar-refractivity contribution in [2.24, 2.45) is 0 Å². The lowest BCUT2D eigenvalue weighted by Crippen LogP contribution is -2.07. The van der Waals surface area contributed by atoms with Crippen molar-refractivity contribution in [1.82, 2.24) is 0 Å². The largest absolute Gasteiger partial charge is 0.496 e. The number of hydrogen-bond acceptors (Lipinski definition) is 4. The summed E-state index contributed by atoms with van der Waals surface area (Å²) in [6, 6.07) is 4.98. The number of hydrogen-bond donors (Lipinski definition) is 1. The molecule has 0 saturated carbocycles. The van der Waals surface area contributed by atoms with Crippen LogP contribution in [-0.4, -0.2) is 20.2 Å². The van der Waals surface area contributed by atoms with Crippen molar-refractivity contribution in [3.05, 3.63) is 23.8 Å². The minimum atomic E-state index is -0.491. The molecule has 0 fully saturated rings. The number of nitrogens with two attached hydrogens (primary N) is 1. The molecule has 0 radical (unpaired) electrons. The summed E-state index contributed by atoms with van der Waals surface area (Å²) in [6.07, 6.45) is 0. The molecule has 0 aliphatic carbocycles. The zero-order valence-electron chi connectivity index (χ0n) is 7.53. The van der Waals surface area contributed by atoms with Gasteiger partial charge in [-0.15, -0.1) is 0 Å². The van der Waals surface area contributed by atoms with E-state index in [1.54, 1.807) is 18.2 Å². The highest BCUT2D eigenvalue weighted by Gasteiger charge is 2.15. The smallest absolute Gasteiger partial charge is 0.343 e. The molecular weight excluding hydrogens is 170 g/mol. The van der Waals surface area contributed by atoms with Crippen molar-refractivity contribution in [2.45, 2.75) is 0 Å². The molecule has 4 nitrogen and oxygen atoms in total. The number of carbonyl (C=O) groups is 1. The molecule has 0 atom stereocenters. The van der Waals surface area contributed by atoms with E-state index >= 15 is 0 Å². The van der Waals surface area contributed by atoms with E-state index in [9.17, 15) is 4.79 Å². The number of methoxy groups -OCH3 is 2. The first-order valence-corrected chi connectivity index (χ1v) is 3.71. The Hall–Kier alpha value is -1.71. The third-order valence-electron chi connectivity index (χ3n) is 1.67. The van der Waals surface area contributed by atoms with Crippen LogP contribution in [0.2, 0.25) is 0 Å². The standard InChI is InChI=1S/C9H11NO3/c1-12-7-5-3-4-6(10)8(7)9(11)13-2/h3-5H,10H2,1-2H3. The van der Waals surface area contributed by atoms with Gasteiger partial charge in [0.1, 0.15) is 11.3 Å². The van der Waals surface area contributed by atoms with E-state index in [2.05, 4.69) is 4.74 Å². The fourth-order valence-electron chi connectivity index (χ4n) is 1.04. The van der Waals surface area contributed by atoms with Gasteiger partial charge in [-0.3, -0.25) is 0 Å². The number of carbonyl (C=O) groups excluding carboxylic acids is 1. The van der Waals surface area contributed by atoms with Gasteiger partial charge in [0, 0.05) is 5.69 Å². The number of benzene rings is 1. The monoisotopic (exact) mass is 181 g/mol. The summed E-state index contributed by atoms with van der Waals surface area (Å²) in [5.41, 5.74) is 6.22. The second-order valence-corrected chi connectivity index (χ2v) is 2.42. The van der Waals surface area contributed by atoms with Crippen molar-refractivity contribution < 1.29 is 14.3 Å². The molecule has 0 amide bonds. The summed E-state index contributed by atoms with van der Waals surface area (Å²) in [5.74, 6) is -0.0678. The zero-order valence-corrected chi connectivity index (χ0v) is 7.53. The Kier molecular flexibility index (Phi) is 2.74. The number of anilines is 1. The Balaban J connectivity index is 3.22. The SMILES string of the molecule is COC(=O)c1c(N)cccc1OC. The molecule has 0 saturated heterocycles. The summed E-state index contributed by atoms with van der Waals surface area (Å²) in [4.78, 5) is 11.2. The molecule has 0 heterocycles. The Labute approximate surface area is 76.3 Å². The van der Waals surface area contributed by atoms with Crippen molar-refractivity contribution in [1.29, 1.82) is 0 Å². The van der Waals surface area contributed by atoms with Gasteiger partial charge in [0.25, 0.3) is 0 Å². The third kappa shape index (κ3) is 1.72. The second kappa shape index (κ2) is 3.80. The Morgan fingerprint density at radius 1 is 1.38 bits per heavy atom. The third-order valence-corrected chi connectivity index (χ3v) is 1.67. The summed E-state index contributed by atoms with van der Waals surface area (Å²) >= 11 is 0. The van der Waals surface area contributed by atoms with Gasteiger partial charge in [-0.25, -0.2) is 4.79 Å². The van der Waals surface area contributed by atoms with Gasteiger partial charge in [-0.2, -0.15) is 0 Å². The van der Waals surface area contributed by atoms with E-state index in [4.69, 9.17) is 10.5 Å². The molecule has 13 heavy (non-hydrogen) atoms. The summed E-state index contributed by atoms with van der Waals surface area (Å²) in [6.45, 7) is 0. The van der Waals surface area contributed by atoms with Crippen LogP contribution in [0.5, 0.6) is 5.75 Å². The molecule has 1 aromatic rings. The molecular formula is C9H11NO3. The van der Waals surface area contributed by atoms with Crippen molar-refractivity contribution >= 4 is 11.7 Å². The fraction of sp³-hybridized carbons (Fsp3) is 0.222. The van der Waals surface area contributed by atoms with Gasteiger partial charge in [0.2, 0.25) is 0 Å². The average Bonchev–Trinajstić information content (AvgIpc) is 2.16. The first-order valence-electron chi connectivity index (χ1n) is 3.71. The quantitative estimate of drug-likeness (QED) is 0.547. The summed E-state index contributed by atoms with van der Waals surface area (Å²) in [7, 11) is 2.77. The van der Waals surface area contributed by atoms with Crippen molar-refractivity contribution in [2.75, 3.05) is 20.0 Å². The van der Waals surface area contributed by atoms with Crippen molar-refractivity contribution in [3.63, 3.8) is 0 Å². The van der Waals surface area contributed by atoms with Crippen molar-refractivity contribution in [3.8, 4) is 5.75 Å². The maximum atomic E-state index is 11.2. The van der Waals surface area contributed by atoms with Crippen LogP contribution in [0, 0.1) is 0 Å². The molecule has 1 aromatic carbocycles. The van der Waals surface area contributed by atoms with E-state index in [-0.39, 0.29) is 5.56 Å².